The molecule has 0 aromatic heterocycles. The number of nitrogens with zero attached hydrogens (tertiary/aromatic N) is 2. The van der Waals surface area contributed by atoms with Crippen molar-refractivity contribution in [2.24, 2.45) is 0 Å². The Morgan fingerprint density at radius 1 is 0.548 bits per heavy atom. The molecule has 8 heteroatoms. The molecule has 0 aliphatic rings. The molecule has 2 atom stereocenters. The second kappa shape index (κ2) is 20.8. The molecule has 0 N–H and O–H groups in total. The van der Waals surface area contributed by atoms with Gasteiger partial charge in [0.2, 0.25) is 0 Å². The molecule has 0 amide bonds. The Balaban J connectivity index is 4.21. The largest absolute Gasteiger partial charge is 0.397 e. The lowest BCUT2D eigenvalue weighted by molar-refractivity contribution is 0.195. The van der Waals surface area contributed by atoms with Crippen LogP contribution in [-0.2, 0) is 17.7 Å². The van der Waals surface area contributed by atoms with Gasteiger partial charge < -0.3 is 27.5 Å². The van der Waals surface area contributed by atoms with Crippen LogP contribution in [-0.4, -0.2) is 95.1 Å². The van der Waals surface area contributed by atoms with E-state index in [9.17, 15) is 0 Å². The predicted octanol–water partition coefficient (Wildman–Crippen LogP) is 4.17. The van der Waals surface area contributed by atoms with E-state index in [-0.39, 0.29) is 0 Å². The van der Waals surface area contributed by atoms with Gasteiger partial charge in [0.25, 0.3) is 0 Å². The Labute approximate surface area is 197 Å². The minimum absolute atomic E-state index is 0.601. The molecular weight excluding hydrogens is 424 g/mol. The minimum Gasteiger partial charge on any atom is -0.397 e. The minimum atomic E-state index is -1.55. The van der Waals surface area contributed by atoms with Gasteiger partial charge >= 0.3 is 18.6 Å². The molecule has 0 rings (SSSR count). The van der Waals surface area contributed by atoms with Gasteiger partial charge in [-0.15, -0.1) is 0 Å². The van der Waals surface area contributed by atoms with E-state index in [1.54, 1.807) is 0 Å². The smallest absolute Gasteiger partial charge is 0.324 e. The van der Waals surface area contributed by atoms with E-state index in [1.165, 1.54) is 19.3 Å². The average Bonchev–Trinajstić information content (AvgIpc) is 2.75. The average molecular weight is 479 g/mol. The first-order valence-corrected chi connectivity index (χ1v) is 16.0. The molecule has 0 saturated carbocycles. The molecule has 0 fully saturated rings. The topological polar surface area (TPSA) is 43.4 Å². The van der Waals surface area contributed by atoms with Crippen molar-refractivity contribution in [3.63, 3.8) is 0 Å². The second-order valence-electron chi connectivity index (χ2n) is 8.43. The summed E-state index contributed by atoms with van der Waals surface area (Å²) in [4.78, 5) is 4.95. The molecule has 0 aromatic carbocycles. The molecule has 0 radical (unpaired) electrons. The van der Waals surface area contributed by atoms with Gasteiger partial charge in [0.15, 0.2) is 0 Å². The fourth-order valence-corrected chi connectivity index (χ4v) is 8.18. The predicted molar refractivity (Wildman–Crippen MR) is 138 cm³/mol. The van der Waals surface area contributed by atoms with Gasteiger partial charge in [-0.3, -0.25) is 0 Å². The van der Waals surface area contributed by atoms with Crippen LogP contribution in [0.2, 0.25) is 11.1 Å². The van der Waals surface area contributed by atoms with Crippen LogP contribution in [0.15, 0.2) is 0 Å². The fourth-order valence-electron chi connectivity index (χ4n) is 3.97. The normalized spacial score (nSPS) is 14.3. The third-order valence-electron chi connectivity index (χ3n) is 5.99. The van der Waals surface area contributed by atoms with E-state index in [1.807, 2.05) is 0 Å². The molecule has 0 aliphatic carbocycles. The summed E-state index contributed by atoms with van der Waals surface area (Å²) in [6.45, 7) is 20.5. The Bertz CT molecular complexity index is 351. The Kier molecular flexibility index (Phi) is 20.9. The molecule has 0 saturated heterocycles. The Morgan fingerprint density at radius 2 is 0.871 bits per heavy atom. The highest BCUT2D eigenvalue weighted by atomic mass is 28.3. The highest BCUT2D eigenvalue weighted by Crippen LogP contribution is 2.23. The Morgan fingerprint density at radius 3 is 1.13 bits per heavy atom. The van der Waals surface area contributed by atoms with E-state index >= 15 is 0 Å². The van der Waals surface area contributed by atoms with E-state index < -0.39 is 18.6 Å². The van der Waals surface area contributed by atoms with Crippen LogP contribution in [0.4, 0.5) is 0 Å². The van der Waals surface area contributed by atoms with Crippen LogP contribution in [0.25, 0.3) is 0 Å². The van der Waals surface area contributed by atoms with Gasteiger partial charge in [-0.2, -0.15) is 0 Å². The van der Waals surface area contributed by atoms with Gasteiger partial charge in [-0.25, -0.2) is 0 Å². The molecule has 0 spiro atoms. The second-order valence-corrected chi connectivity index (χ2v) is 13.1. The van der Waals surface area contributed by atoms with Crippen molar-refractivity contribution in [1.82, 2.24) is 9.80 Å². The van der Waals surface area contributed by atoms with Gasteiger partial charge in [0.05, 0.1) is 0 Å². The third-order valence-corrected chi connectivity index (χ3v) is 11.8. The molecule has 0 aliphatic heterocycles. The summed E-state index contributed by atoms with van der Waals surface area (Å²) >= 11 is 0. The molecule has 6 nitrogen and oxygen atoms in total. The summed E-state index contributed by atoms with van der Waals surface area (Å²) in [6.07, 6.45) is 5.87. The summed E-state index contributed by atoms with van der Waals surface area (Å²) in [6, 6.07) is 0. The molecule has 0 bridgehead atoms. The summed E-state index contributed by atoms with van der Waals surface area (Å²) in [5.74, 6) is 0. The zero-order valence-corrected chi connectivity index (χ0v) is 24.3. The highest BCUT2D eigenvalue weighted by Gasteiger charge is 2.25. The van der Waals surface area contributed by atoms with Crippen LogP contribution in [0.1, 0.15) is 73.6 Å². The van der Waals surface area contributed by atoms with Crippen molar-refractivity contribution in [3.05, 3.63) is 0 Å². The molecular formula is C23H54N2O4Si2. The SMILES string of the molecule is CCO[SiH](OCC)C(CC)CCN(C)CCCN(C)CCC(CC)[SiH](OCC)OCC. The monoisotopic (exact) mass is 478 g/mol. The van der Waals surface area contributed by atoms with E-state index in [0.29, 0.717) is 11.1 Å². The first-order chi connectivity index (χ1) is 15.0. The maximum Gasteiger partial charge on any atom is 0.324 e. The molecule has 0 aromatic rings. The van der Waals surface area contributed by atoms with Gasteiger partial charge in [0, 0.05) is 37.5 Å². The van der Waals surface area contributed by atoms with Crippen LogP contribution < -0.4 is 0 Å². The van der Waals surface area contributed by atoms with Crippen LogP contribution in [0, 0.1) is 0 Å². The molecule has 188 valence electrons. The van der Waals surface area contributed by atoms with Crippen molar-refractivity contribution in [3.8, 4) is 0 Å². The van der Waals surface area contributed by atoms with Gasteiger partial charge in [-0.1, -0.05) is 26.7 Å². The maximum absolute atomic E-state index is 5.96. The number of hydrogen-bond donors (Lipinski definition) is 0. The van der Waals surface area contributed by atoms with E-state index in [4.69, 9.17) is 17.7 Å². The van der Waals surface area contributed by atoms with Crippen LogP contribution in [0.3, 0.4) is 0 Å². The first kappa shape index (κ1) is 31.2. The fraction of sp³-hybridized carbons (Fsp3) is 1.00. The van der Waals surface area contributed by atoms with E-state index in [2.05, 4.69) is 65.4 Å². The van der Waals surface area contributed by atoms with E-state index in [0.717, 1.165) is 65.4 Å². The number of rotatable bonds is 22. The third kappa shape index (κ3) is 14.9. The van der Waals surface area contributed by atoms with Crippen molar-refractivity contribution in [2.45, 2.75) is 84.7 Å². The zero-order valence-electron chi connectivity index (χ0n) is 22.0. The summed E-state index contributed by atoms with van der Waals surface area (Å²) < 4.78 is 23.8. The summed E-state index contributed by atoms with van der Waals surface area (Å²) in [5, 5.41) is 0. The lowest BCUT2D eigenvalue weighted by atomic mass is 10.2. The van der Waals surface area contributed by atoms with Crippen molar-refractivity contribution in [2.75, 3.05) is 66.7 Å². The maximum atomic E-state index is 5.96. The quantitative estimate of drug-likeness (QED) is 0.218. The molecule has 2 unspecified atom stereocenters. The standard InChI is InChI=1S/C23H54N2O4Si2/c1-9-22(30(26-11-3)27-12-4)16-20-24(7)18-15-19-25(8)21-17-23(10-2)31(28-13-5)29-14-6/h22-23,30-31H,9-21H2,1-8H3. The van der Waals surface area contributed by atoms with Crippen molar-refractivity contribution >= 4 is 18.6 Å². The summed E-state index contributed by atoms with van der Waals surface area (Å²) in [5.41, 5.74) is 1.20. The van der Waals surface area contributed by atoms with Crippen molar-refractivity contribution in [1.29, 1.82) is 0 Å². The molecule has 0 heterocycles. The highest BCUT2D eigenvalue weighted by molar-refractivity contribution is 6.46. The lowest BCUT2D eigenvalue weighted by Gasteiger charge is -2.27. The summed E-state index contributed by atoms with van der Waals surface area (Å²) in [7, 11) is 1.41. The van der Waals surface area contributed by atoms with Gasteiger partial charge in [0.1, 0.15) is 0 Å². The lowest BCUT2D eigenvalue weighted by Crippen LogP contribution is -2.33. The number of hydrogen-bond acceptors (Lipinski definition) is 6. The molecule has 31 heavy (non-hydrogen) atoms. The first-order valence-electron chi connectivity index (χ1n) is 12.8. The zero-order chi connectivity index (χ0) is 23.5. The van der Waals surface area contributed by atoms with Crippen LogP contribution in [0.5, 0.6) is 0 Å². The van der Waals surface area contributed by atoms with Gasteiger partial charge in [-0.05, 0) is 87.2 Å². The Hall–Kier alpha value is 0.194. The van der Waals surface area contributed by atoms with Crippen LogP contribution >= 0.6 is 0 Å². The van der Waals surface area contributed by atoms with Crippen molar-refractivity contribution < 1.29 is 17.7 Å².